The van der Waals surface area contributed by atoms with Crippen LogP contribution in [-0.4, -0.2) is 98.9 Å². The summed E-state index contributed by atoms with van der Waals surface area (Å²) in [6, 6.07) is 5.42. The molecule has 2 aliphatic rings. The highest BCUT2D eigenvalue weighted by Crippen LogP contribution is 2.33. The first-order chi connectivity index (χ1) is 20.7. The predicted molar refractivity (Wildman–Crippen MR) is 172 cm³/mol. The van der Waals surface area contributed by atoms with Crippen molar-refractivity contribution in [2.75, 3.05) is 64.0 Å². The molecule has 2 fully saturated rings. The van der Waals surface area contributed by atoms with Crippen LogP contribution in [-0.2, 0) is 16.0 Å². The summed E-state index contributed by atoms with van der Waals surface area (Å²) in [7, 11) is 2.94. The van der Waals surface area contributed by atoms with Gasteiger partial charge in [0.25, 0.3) is 0 Å². The topological polar surface area (TPSA) is 107 Å². The molecule has 0 unspecified atom stereocenters. The second kappa shape index (κ2) is 14.6. The minimum atomic E-state index is -1.14. The molecule has 5 rings (SSSR count). The lowest BCUT2D eigenvalue weighted by molar-refractivity contribution is 0.0219. The van der Waals surface area contributed by atoms with E-state index in [-0.39, 0.29) is 12.9 Å². The summed E-state index contributed by atoms with van der Waals surface area (Å²) in [5.41, 5.74) is 1.94. The maximum atomic E-state index is 6.63. The normalized spacial score (nSPS) is 19.5. The van der Waals surface area contributed by atoms with Crippen LogP contribution in [0.15, 0.2) is 30.7 Å². The van der Waals surface area contributed by atoms with Crippen molar-refractivity contribution in [1.82, 2.24) is 24.8 Å². The molecule has 1 N–H and O–H groups in total. The highest BCUT2D eigenvalue weighted by Gasteiger charge is 2.25. The number of pyridine rings is 2. The smallest absolute Gasteiger partial charge is 0.225 e. The van der Waals surface area contributed by atoms with Gasteiger partial charge in [-0.05, 0) is 51.9 Å². The van der Waals surface area contributed by atoms with Crippen LogP contribution < -0.4 is 19.7 Å². The van der Waals surface area contributed by atoms with E-state index < -0.39 is 8.07 Å². The zero-order chi connectivity index (χ0) is 30.2. The van der Waals surface area contributed by atoms with Crippen LogP contribution >= 0.6 is 0 Å². The third-order valence-corrected chi connectivity index (χ3v) is 9.44. The highest BCUT2D eigenvalue weighted by molar-refractivity contribution is 6.76. The molecule has 3 aromatic rings. The fourth-order valence-corrected chi connectivity index (χ4v) is 6.03. The fraction of sp³-hybridized carbons (Fsp3) is 0.613. The number of ether oxygens (including phenoxy) is 4. The van der Waals surface area contributed by atoms with Crippen LogP contribution in [0.25, 0.3) is 10.9 Å². The van der Waals surface area contributed by atoms with E-state index in [1.165, 1.54) is 0 Å². The van der Waals surface area contributed by atoms with Crippen LogP contribution in [0.5, 0.6) is 11.6 Å². The molecule has 1 saturated carbocycles. The second-order valence-corrected chi connectivity index (χ2v) is 18.6. The summed E-state index contributed by atoms with van der Waals surface area (Å²) >= 11 is 0. The molecule has 0 spiro atoms. The van der Waals surface area contributed by atoms with Crippen molar-refractivity contribution in [1.29, 1.82) is 0 Å². The summed E-state index contributed by atoms with van der Waals surface area (Å²) in [5.74, 6) is 2.80. The zero-order valence-corrected chi connectivity index (χ0v) is 27.3. The second-order valence-electron chi connectivity index (χ2n) is 13.0. The molecule has 11 nitrogen and oxygen atoms in total. The molecule has 0 radical (unpaired) electrons. The lowest BCUT2D eigenvalue weighted by atomic mass is 9.93. The number of anilines is 2. The number of rotatable bonds is 13. The van der Waals surface area contributed by atoms with Gasteiger partial charge in [0.05, 0.1) is 30.3 Å². The van der Waals surface area contributed by atoms with Gasteiger partial charge in [-0.15, -0.1) is 0 Å². The molecule has 0 amide bonds. The molecule has 4 heterocycles. The maximum Gasteiger partial charge on any atom is 0.225 e. The molecule has 3 aromatic heterocycles. The number of hydrogen-bond acceptors (Lipinski definition) is 11. The van der Waals surface area contributed by atoms with Crippen LogP contribution in [0.4, 0.5) is 11.8 Å². The fourth-order valence-electron chi connectivity index (χ4n) is 5.27. The van der Waals surface area contributed by atoms with Crippen molar-refractivity contribution >= 4 is 30.7 Å². The Balaban J connectivity index is 1.23. The predicted octanol–water partition coefficient (Wildman–Crippen LogP) is 4.81. The van der Waals surface area contributed by atoms with Crippen molar-refractivity contribution in [2.45, 2.75) is 70.1 Å². The summed E-state index contributed by atoms with van der Waals surface area (Å²) in [5, 5.41) is 4.36. The van der Waals surface area contributed by atoms with Gasteiger partial charge >= 0.3 is 0 Å². The Bertz CT molecular complexity index is 1310. The first-order valence-corrected chi connectivity index (χ1v) is 19.2. The van der Waals surface area contributed by atoms with Gasteiger partial charge in [0, 0.05) is 64.4 Å². The summed E-state index contributed by atoms with van der Waals surface area (Å²) in [6.45, 7) is 11.7. The zero-order valence-electron chi connectivity index (χ0n) is 26.3. The summed E-state index contributed by atoms with van der Waals surface area (Å²) in [6.07, 6.45) is 9.37. The Morgan fingerprint density at radius 1 is 1.00 bits per heavy atom. The number of nitrogens with zero attached hydrogens (tertiary/aromatic N) is 6. The van der Waals surface area contributed by atoms with Crippen LogP contribution in [0, 0.1) is 0 Å². The van der Waals surface area contributed by atoms with E-state index >= 15 is 0 Å². The molecule has 12 heteroatoms. The van der Waals surface area contributed by atoms with Gasteiger partial charge in [0.2, 0.25) is 11.8 Å². The maximum absolute atomic E-state index is 6.63. The third kappa shape index (κ3) is 9.46. The molecule has 43 heavy (non-hydrogen) atoms. The van der Waals surface area contributed by atoms with Gasteiger partial charge in [0.15, 0.2) is 6.79 Å². The Morgan fingerprint density at radius 2 is 1.74 bits per heavy atom. The number of morpholine rings is 1. The van der Waals surface area contributed by atoms with E-state index in [9.17, 15) is 0 Å². The number of fused-ring (bicyclic) bond motifs is 1. The molecular formula is C31H47N7O4Si. The van der Waals surface area contributed by atoms with Gasteiger partial charge in [-0.3, -0.25) is 4.98 Å². The first-order valence-electron chi connectivity index (χ1n) is 15.4. The van der Waals surface area contributed by atoms with Crippen LogP contribution in [0.2, 0.25) is 25.7 Å². The molecule has 0 atom stereocenters. The van der Waals surface area contributed by atoms with E-state index in [0.717, 1.165) is 73.6 Å². The lowest BCUT2D eigenvalue weighted by Crippen LogP contribution is -2.37. The van der Waals surface area contributed by atoms with E-state index in [2.05, 4.69) is 44.7 Å². The molecule has 1 aliphatic carbocycles. The number of hydrogen-bond donors (Lipinski definition) is 1. The molecular weight excluding hydrogens is 562 g/mol. The van der Waals surface area contributed by atoms with Crippen molar-refractivity contribution in [3.63, 3.8) is 0 Å². The third-order valence-electron chi connectivity index (χ3n) is 7.74. The van der Waals surface area contributed by atoms with Crippen molar-refractivity contribution < 1.29 is 18.9 Å². The minimum Gasteiger partial charge on any atom is -0.474 e. The highest BCUT2D eigenvalue weighted by atomic mass is 28.3. The minimum absolute atomic E-state index is 0.0616. The molecule has 234 valence electrons. The van der Waals surface area contributed by atoms with E-state index in [1.54, 1.807) is 6.20 Å². The monoisotopic (exact) mass is 609 g/mol. The standard InChI is InChI=1S/C31H47N7O4Si/c1-37(2)21-23-18-33-31(34-19-23)35-24-6-8-25(9-7-24)42-30-27-16-26(41-22-40-14-15-43(3,4)5)20-32-28(27)17-29(36-30)38-10-12-39-13-11-38/h16-20,24-25H,6-15,21-22H2,1-5H3,(H,33,34,35). The molecule has 0 bridgehead atoms. The van der Waals surface area contributed by atoms with Gasteiger partial charge in [-0.25, -0.2) is 9.97 Å². The molecule has 1 saturated heterocycles. The Hall–Kier alpha value is -3.06. The summed E-state index contributed by atoms with van der Waals surface area (Å²) < 4.78 is 23.9. The van der Waals surface area contributed by atoms with Crippen molar-refractivity contribution in [3.8, 4) is 11.6 Å². The van der Waals surface area contributed by atoms with Crippen molar-refractivity contribution in [2.24, 2.45) is 0 Å². The Kier molecular flexibility index (Phi) is 10.7. The van der Waals surface area contributed by atoms with Gasteiger partial charge in [-0.2, -0.15) is 4.98 Å². The SMILES string of the molecule is CN(C)Cc1cnc(NC2CCC(Oc3nc(N4CCOCC4)cc4ncc(OCOCC[Si](C)(C)C)cc34)CC2)nc1. The van der Waals surface area contributed by atoms with Crippen molar-refractivity contribution in [3.05, 3.63) is 36.3 Å². The van der Waals surface area contributed by atoms with Gasteiger partial charge in [-0.1, -0.05) is 19.6 Å². The van der Waals surface area contributed by atoms with E-state index in [4.69, 9.17) is 28.9 Å². The quantitative estimate of drug-likeness (QED) is 0.164. The molecule has 0 aromatic carbocycles. The average Bonchev–Trinajstić information content (AvgIpc) is 2.98. The summed E-state index contributed by atoms with van der Waals surface area (Å²) in [4.78, 5) is 23.1. The average molecular weight is 610 g/mol. The van der Waals surface area contributed by atoms with E-state index in [1.807, 2.05) is 38.6 Å². The Labute approximate surface area is 256 Å². The van der Waals surface area contributed by atoms with E-state index in [0.29, 0.717) is 43.4 Å². The van der Waals surface area contributed by atoms with Crippen LogP contribution in [0.3, 0.4) is 0 Å². The van der Waals surface area contributed by atoms with Gasteiger partial charge in [0.1, 0.15) is 17.7 Å². The van der Waals surface area contributed by atoms with Gasteiger partial charge < -0.3 is 34.1 Å². The first kappa shape index (κ1) is 31.4. The molecule has 1 aliphatic heterocycles. The van der Waals surface area contributed by atoms with Crippen LogP contribution in [0.1, 0.15) is 31.2 Å². The largest absolute Gasteiger partial charge is 0.474 e. The number of nitrogens with one attached hydrogen (secondary N) is 1. The lowest BCUT2D eigenvalue weighted by Gasteiger charge is -2.31. The number of aromatic nitrogens is 4. The Morgan fingerprint density at radius 3 is 2.44 bits per heavy atom.